The molecule has 34 heteroatoms. The van der Waals surface area contributed by atoms with Gasteiger partial charge in [0, 0.05) is 145 Å². The first-order valence-corrected chi connectivity index (χ1v) is 43.9. The van der Waals surface area contributed by atoms with Crippen molar-refractivity contribution in [2.75, 3.05) is 54.2 Å². The minimum absolute atomic E-state index is 0.0365. The van der Waals surface area contributed by atoms with Crippen LogP contribution in [-0.2, 0) is 91.6 Å². The maximum atomic E-state index is 15.4. The molecule has 4 fully saturated rings. The highest BCUT2D eigenvalue weighted by Gasteiger charge is 2.38. The number of nitriles is 1. The van der Waals surface area contributed by atoms with Gasteiger partial charge in [0.2, 0.25) is 29.1 Å². The summed E-state index contributed by atoms with van der Waals surface area (Å²) in [5, 5.41) is 20.9. The van der Waals surface area contributed by atoms with Crippen LogP contribution in [0.15, 0.2) is 220 Å². The molecule has 5 aromatic heterocycles. The summed E-state index contributed by atoms with van der Waals surface area (Å²) in [6.45, 7) is 6.35. The van der Waals surface area contributed by atoms with E-state index in [1.54, 1.807) is 115 Å². The second kappa shape index (κ2) is 41.3. The number of alkyl halides is 8. The van der Waals surface area contributed by atoms with Crippen LogP contribution >= 0.6 is 0 Å². The van der Waals surface area contributed by atoms with Crippen LogP contribution in [0.1, 0.15) is 157 Å². The number of pyridine rings is 1. The van der Waals surface area contributed by atoms with Crippen molar-refractivity contribution in [1.82, 2.24) is 44.9 Å². The molecule has 129 heavy (non-hydrogen) atoms. The number of hydrogen-bond acceptors (Lipinski definition) is 21. The first kappa shape index (κ1) is 93.4. The molecule has 0 aliphatic heterocycles. The van der Waals surface area contributed by atoms with E-state index in [1.807, 2.05) is 49.9 Å². The van der Waals surface area contributed by atoms with Gasteiger partial charge < -0.3 is 45.6 Å². The fraction of sp³-hybridized carbons (Fsp3) is 0.326. The van der Waals surface area contributed by atoms with E-state index in [0.717, 1.165) is 124 Å². The molecular weight excluding hydrogens is 1700 g/mol. The number of ether oxygens (including phenoxy) is 1. The van der Waals surface area contributed by atoms with Crippen LogP contribution in [0.4, 0.5) is 99.2 Å². The van der Waals surface area contributed by atoms with Gasteiger partial charge in [0.25, 0.3) is 23.7 Å². The van der Waals surface area contributed by atoms with E-state index in [1.165, 1.54) is 87.2 Å². The molecule has 0 saturated heterocycles. The van der Waals surface area contributed by atoms with Crippen molar-refractivity contribution < 1.29 is 65.8 Å². The van der Waals surface area contributed by atoms with Crippen molar-refractivity contribution in [1.29, 1.82) is 5.26 Å². The number of methoxy groups -OCH3 is 1. The monoisotopic (exact) mass is 1800 g/mol. The lowest BCUT2D eigenvalue weighted by molar-refractivity contribution is 0.0168. The van der Waals surface area contributed by atoms with E-state index in [0.29, 0.717) is 69.4 Å². The molecule has 0 unspecified atom stereocenters. The van der Waals surface area contributed by atoms with E-state index in [2.05, 4.69) is 72.2 Å². The van der Waals surface area contributed by atoms with Crippen molar-refractivity contribution in [3.8, 4) is 11.9 Å². The summed E-state index contributed by atoms with van der Waals surface area (Å²) in [4.78, 5) is 44.4. The van der Waals surface area contributed by atoms with Gasteiger partial charge in [0.15, 0.2) is 56.4 Å². The van der Waals surface area contributed by atoms with Gasteiger partial charge in [-0.25, -0.2) is 88.4 Å². The van der Waals surface area contributed by atoms with Crippen molar-refractivity contribution >= 4 is 56.4 Å². The molecule has 16 rings (SSSR count). The van der Waals surface area contributed by atoms with Crippen LogP contribution in [0.25, 0.3) is 0 Å². The van der Waals surface area contributed by atoms with Crippen LogP contribution < -0.4 is 45.6 Å². The highest BCUT2D eigenvalue weighted by atomic mass is 32.2. The average Bonchev–Trinajstić information content (AvgIpc) is 1.66. The van der Waals surface area contributed by atoms with Gasteiger partial charge in [0.1, 0.15) is 25.3 Å². The zero-order chi connectivity index (χ0) is 91.8. The third-order valence-corrected chi connectivity index (χ3v) is 22.5. The maximum absolute atomic E-state index is 15.4. The Morgan fingerprint density at radius 3 is 0.891 bits per heavy atom. The number of nitrogens with zero attached hydrogens (tertiary/aromatic N) is 14. The van der Waals surface area contributed by atoms with E-state index in [4.69, 9.17) is 10.00 Å². The maximum Gasteiger partial charge on any atom is 0.270 e. The van der Waals surface area contributed by atoms with Gasteiger partial charge in [-0.2, -0.15) is 22.8 Å². The Morgan fingerprint density at radius 1 is 0.364 bits per heavy atom. The minimum Gasteiger partial charge on any atom is -0.481 e. The highest BCUT2D eigenvalue weighted by molar-refractivity contribution is 7.89. The summed E-state index contributed by atoms with van der Waals surface area (Å²) >= 11 is 0. The van der Waals surface area contributed by atoms with Crippen LogP contribution in [0.2, 0.25) is 0 Å². The smallest absolute Gasteiger partial charge is 0.270 e. The fourth-order valence-electron chi connectivity index (χ4n) is 14.0. The molecule has 12 aromatic rings. The number of benzene rings is 7. The lowest BCUT2D eigenvalue weighted by Crippen LogP contribution is -2.27. The van der Waals surface area contributed by atoms with Gasteiger partial charge >= 0.3 is 0 Å². The standard InChI is InChI=1S/C25H27F3N4O2S.C24H22F3N5.C23H24F3N5O.C23H23F3N4/c1-25(27,28)20-9-7-18(8-10-20)14-32(21-11-12-21)24-22(26)23(30-16-31-24)29-13-17-3-5-19(6-4-17)15-35(2,33)34;1-24(26,27)19-8-6-18(7-9-19)14-32(20-10-11-20)23-21(25)22(30-15-31-23)29-13-17-4-2-16(12-28)3-5-17;1-23(25,26)17-5-3-15(4-6-17)13-31(18-7-8-18)22-20(24)21(29-14-30-22)28-12-16-9-10-27-19(11-16)32-2;1-23(25,26)18-9-7-17(8-10-18)14-30(19-11-12-19)22-20(24)21(28-15-29-22)27-13-16-5-3-2-4-6-16/h3-10,16,21H,11-15H2,1-2H3,(H,29,30,31);2-9,15,20H,10-11,13-14H2,1H3,(H,29,30,31);3-6,9-11,14,18H,7-8,12-13H2,1-2H3,(H,28,29,30);2-10,15,19H,11-14H2,1H3,(H,27,28,29). The second-order valence-corrected chi connectivity index (χ2v) is 34.7. The van der Waals surface area contributed by atoms with Gasteiger partial charge in [-0.3, -0.25) is 0 Å². The SMILES string of the molecule is CC(F)(F)c1ccc(CN(c2ncnc(NCc3ccc(C#N)cc3)c2F)C2CC2)cc1.CC(F)(F)c1ccc(CN(c2ncnc(NCc3ccc(CS(C)(=O)=O)cc3)c2F)C2CC2)cc1.CC(F)(F)c1ccc(CN(c2ncnc(NCc3ccccc3)c2F)C2CC2)cc1.COc1cc(CNc2ncnc(N(Cc3ccc(C(C)(F)F)cc3)C3CC3)c2F)ccn1. The molecule has 5 heterocycles. The van der Waals surface area contributed by atoms with Crippen molar-refractivity contribution in [3.05, 3.63) is 321 Å². The average molecular weight is 1800 g/mol. The molecule has 21 nitrogen and oxygen atoms in total. The minimum atomic E-state index is -3.12. The first-order valence-electron chi connectivity index (χ1n) is 41.8. The second-order valence-electron chi connectivity index (χ2n) is 32.5. The van der Waals surface area contributed by atoms with Crippen LogP contribution in [0.3, 0.4) is 0 Å². The molecule has 0 radical (unpaired) electrons. The third-order valence-electron chi connectivity index (χ3n) is 21.6. The Kier molecular flexibility index (Phi) is 29.9. The fourth-order valence-corrected chi connectivity index (χ4v) is 14.7. The highest BCUT2D eigenvalue weighted by Crippen LogP contribution is 2.41. The van der Waals surface area contributed by atoms with E-state index in [-0.39, 0.29) is 98.7 Å². The predicted octanol–water partition coefficient (Wildman–Crippen LogP) is 20.9. The zero-order valence-corrected chi connectivity index (χ0v) is 72.4. The van der Waals surface area contributed by atoms with Crippen molar-refractivity contribution in [3.63, 3.8) is 0 Å². The number of anilines is 8. The molecule has 4 aliphatic rings. The molecule has 4 saturated carbocycles. The summed E-state index contributed by atoms with van der Waals surface area (Å²) in [5.74, 6) is -12.2. The Balaban J connectivity index is 0.000000147. The third kappa shape index (κ3) is 26.7. The molecular formula is C95H96F12N18O3S. The lowest BCUT2D eigenvalue weighted by atomic mass is 10.1. The molecule has 0 bridgehead atoms. The summed E-state index contributed by atoms with van der Waals surface area (Å²) < 4.78 is 197. The Morgan fingerprint density at radius 2 is 0.628 bits per heavy atom. The number of hydrogen-bond donors (Lipinski definition) is 4. The predicted molar refractivity (Wildman–Crippen MR) is 472 cm³/mol. The van der Waals surface area contributed by atoms with Crippen LogP contribution in [-0.4, -0.2) is 90.8 Å². The number of nitrogens with one attached hydrogen (secondary N) is 4. The van der Waals surface area contributed by atoms with Gasteiger partial charge in [-0.05, 0) is 120 Å². The lowest BCUT2D eigenvalue weighted by Gasteiger charge is -2.25. The molecule has 674 valence electrons. The molecule has 4 N–H and O–H groups in total. The number of aromatic nitrogens is 9. The largest absolute Gasteiger partial charge is 0.481 e. The first-order chi connectivity index (χ1) is 61.6. The normalized spacial score (nSPS) is 13.8. The van der Waals surface area contributed by atoms with E-state index in [9.17, 15) is 43.5 Å². The topological polar surface area (TPSA) is 244 Å². The van der Waals surface area contributed by atoms with E-state index >= 15 is 17.6 Å². The quantitative estimate of drug-likeness (QED) is 0.0270. The molecule has 0 spiro atoms. The van der Waals surface area contributed by atoms with Crippen molar-refractivity contribution in [2.45, 2.75) is 185 Å². The van der Waals surface area contributed by atoms with Crippen LogP contribution in [0, 0.1) is 34.6 Å². The summed E-state index contributed by atoms with van der Waals surface area (Å²) in [7, 11) is -1.59. The molecule has 0 atom stereocenters. The molecule has 4 aliphatic carbocycles. The Bertz CT molecular complexity index is 5890. The number of rotatable bonds is 35. The summed E-state index contributed by atoms with van der Waals surface area (Å²) in [6.07, 6.45) is 15.5. The summed E-state index contributed by atoms with van der Waals surface area (Å²) in [6, 6.07) is 54.4. The van der Waals surface area contributed by atoms with E-state index < -0.39 is 56.8 Å². The zero-order valence-electron chi connectivity index (χ0n) is 71.5. The molecule has 0 amide bonds. The van der Waals surface area contributed by atoms with Gasteiger partial charge in [-0.1, -0.05) is 164 Å². The number of sulfone groups is 1. The number of halogens is 12. The Labute approximate surface area is 740 Å². The van der Waals surface area contributed by atoms with Crippen LogP contribution in [0.5, 0.6) is 5.88 Å². The summed E-state index contributed by atoms with van der Waals surface area (Å²) in [5.41, 5.74) is 7.86. The van der Waals surface area contributed by atoms with Gasteiger partial charge in [0.05, 0.1) is 24.5 Å². The Hall–Kier alpha value is -13.2. The molecule has 7 aromatic carbocycles. The van der Waals surface area contributed by atoms with Gasteiger partial charge in [-0.15, -0.1) is 0 Å². The van der Waals surface area contributed by atoms with Crippen molar-refractivity contribution in [2.24, 2.45) is 0 Å².